The van der Waals surface area contributed by atoms with Gasteiger partial charge in [-0.3, -0.25) is 4.79 Å². The van der Waals surface area contributed by atoms with E-state index in [9.17, 15) is 4.79 Å². The van der Waals surface area contributed by atoms with Crippen molar-refractivity contribution in [3.63, 3.8) is 0 Å². The van der Waals surface area contributed by atoms with Gasteiger partial charge >= 0.3 is 0 Å². The summed E-state index contributed by atoms with van der Waals surface area (Å²) in [5.74, 6) is 1.08. The Kier molecular flexibility index (Phi) is 7.25. The average molecular weight is 454 g/mol. The van der Waals surface area contributed by atoms with Crippen molar-refractivity contribution < 1.29 is 9.53 Å². The fourth-order valence-electron chi connectivity index (χ4n) is 3.99. The summed E-state index contributed by atoms with van der Waals surface area (Å²) < 4.78 is 6.11. The monoisotopic (exact) mass is 453 g/mol. The lowest BCUT2D eigenvalue weighted by molar-refractivity contribution is -0.130. The smallest absolute Gasteiger partial charge is 0.253 e. The van der Waals surface area contributed by atoms with Crippen LogP contribution in [0.4, 0.5) is 0 Å². The van der Waals surface area contributed by atoms with Crippen LogP contribution >= 0.6 is 24.0 Å². The van der Waals surface area contributed by atoms with Crippen LogP contribution in [0.1, 0.15) is 42.9 Å². The van der Waals surface area contributed by atoms with Crippen LogP contribution in [0.15, 0.2) is 59.7 Å². The maximum atomic E-state index is 13.2. The molecule has 0 bridgehead atoms. The average Bonchev–Trinajstić information content (AvgIpc) is 3.29. The Bertz CT molecular complexity index is 941. The van der Waals surface area contributed by atoms with Gasteiger partial charge in [-0.15, -0.1) is 0 Å². The number of piperidine rings is 1. The molecular formula is C24H27N3O2S2. The highest BCUT2D eigenvalue weighted by molar-refractivity contribution is 8.23. The quantitative estimate of drug-likeness (QED) is 0.604. The Morgan fingerprint density at radius 2 is 1.81 bits per heavy atom. The second-order valence-corrected chi connectivity index (χ2v) is 9.36. The third-order valence-electron chi connectivity index (χ3n) is 5.71. The molecule has 1 amide bonds. The fraction of sp³-hybridized carbons (Fsp3) is 0.375. The number of ether oxygens (including phenoxy) is 1. The van der Waals surface area contributed by atoms with Gasteiger partial charge in [0, 0.05) is 19.5 Å². The highest BCUT2D eigenvalue weighted by atomic mass is 32.2. The van der Waals surface area contributed by atoms with Crippen LogP contribution in [0.25, 0.3) is 0 Å². The van der Waals surface area contributed by atoms with E-state index in [2.05, 4.69) is 4.90 Å². The van der Waals surface area contributed by atoms with Gasteiger partial charge in [-0.25, -0.2) is 5.01 Å². The minimum Gasteiger partial charge on any atom is -0.497 e. The molecule has 1 saturated heterocycles. The molecule has 31 heavy (non-hydrogen) atoms. The van der Waals surface area contributed by atoms with E-state index in [4.69, 9.17) is 22.1 Å². The molecule has 0 saturated carbocycles. The Balaban J connectivity index is 1.50. The molecule has 162 valence electrons. The zero-order valence-corrected chi connectivity index (χ0v) is 19.3. The van der Waals surface area contributed by atoms with Gasteiger partial charge in [0.05, 0.1) is 24.6 Å². The van der Waals surface area contributed by atoms with Gasteiger partial charge in [0.25, 0.3) is 5.91 Å². The van der Waals surface area contributed by atoms with Gasteiger partial charge in [0.15, 0.2) is 0 Å². The summed E-state index contributed by atoms with van der Waals surface area (Å²) in [7, 11) is 1.65. The number of carbonyl (C=O) groups is 1. The highest BCUT2D eigenvalue weighted by Crippen LogP contribution is 2.34. The second-order valence-electron chi connectivity index (χ2n) is 7.75. The number of benzene rings is 2. The van der Waals surface area contributed by atoms with E-state index in [0.29, 0.717) is 12.2 Å². The zero-order chi connectivity index (χ0) is 21.6. The summed E-state index contributed by atoms with van der Waals surface area (Å²) >= 11 is 7.04. The molecule has 1 atom stereocenters. The number of thioether (sulfide) groups is 1. The number of hydrogen-bond donors (Lipinski definition) is 0. The minimum absolute atomic E-state index is 0.0175. The summed E-state index contributed by atoms with van der Waals surface area (Å²) in [4.78, 5) is 15.4. The second kappa shape index (κ2) is 10.3. The van der Waals surface area contributed by atoms with Crippen LogP contribution in [0, 0.1) is 0 Å². The van der Waals surface area contributed by atoms with Crippen molar-refractivity contribution in [2.75, 3.05) is 26.0 Å². The van der Waals surface area contributed by atoms with Gasteiger partial charge in [0.1, 0.15) is 10.1 Å². The number of hydrazone groups is 1. The lowest BCUT2D eigenvalue weighted by Gasteiger charge is -2.29. The normalized spacial score (nSPS) is 18.6. The minimum atomic E-state index is -0.127. The predicted molar refractivity (Wildman–Crippen MR) is 131 cm³/mol. The number of methoxy groups -OCH3 is 1. The van der Waals surface area contributed by atoms with Crippen molar-refractivity contribution in [1.82, 2.24) is 9.91 Å². The molecule has 2 aliphatic rings. The van der Waals surface area contributed by atoms with Gasteiger partial charge in [-0.1, -0.05) is 66.4 Å². The van der Waals surface area contributed by atoms with Crippen molar-refractivity contribution >= 4 is 39.9 Å². The van der Waals surface area contributed by atoms with Crippen LogP contribution in [0.5, 0.6) is 5.75 Å². The number of hydrogen-bond acceptors (Lipinski definition) is 5. The molecule has 2 aliphatic heterocycles. The van der Waals surface area contributed by atoms with E-state index in [1.807, 2.05) is 54.6 Å². The first-order valence-corrected chi connectivity index (χ1v) is 12.1. The highest BCUT2D eigenvalue weighted by Gasteiger charge is 2.33. The molecule has 2 aromatic rings. The van der Waals surface area contributed by atoms with E-state index < -0.39 is 0 Å². The standard InChI is InChI=1S/C24H27N3O2S2/c1-29-20-12-10-19(11-13-20)22-16-21(18-8-4-2-5-9-18)25-27(22)23(28)17-31-24(30)26-14-6-3-7-15-26/h2,4-5,8-13,22H,3,6-7,14-17H2,1H3/t22-/m0/s1. The molecule has 0 aliphatic carbocycles. The van der Waals surface area contributed by atoms with Crippen LogP contribution < -0.4 is 4.74 Å². The van der Waals surface area contributed by atoms with Gasteiger partial charge < -0.3 is 9.64 Å². The third-order valence-corrected chi connectivity index (χ3v) is 7.22. The molecule has 7 heteroatoms. The van der Waals surface area contributed by atoms with Crippen molar-refractivity contribution in [2.45, 2.75) is 31.7 Å². The van der Waals surface area contributed by atoms with Gasteiger partial charge in [-0.2, -0.15) is 5.10 Å². The van der Waals surface area contributed by atoms with Crippen molar-refractivity contribution in [3.05, 3.63) is 65.7 Å². The maximum Gasteiger partial charge on any atom is 0.253 e. The third kappa shape index (κ3) is 5.28. The fourth-order valence-corrected chi connectivity index (χ4v) is 5.09. The zero-order valence-electron chi connectivity index (χ0n) is 17.7. The number of carbonyl (C=O) groups excluding carboxylic acids is 1. The van der Waals surface area contributed by atoms with Crippen LogP contribution in [0.3, 0.4) is 0 Å². The summed E-state index contributed by atoms with van der Waals surface area (Å²) in [6.45, 7) is 1.99. The molecule has 0 N–H and O–H groups in total. The molecule has 5 nitrogen and oxygen atoms in total. The predicted octanol–water partition coefficient (Wildman–Crippen LogP) is 4.88. The molecule has 0 spiro atoms. The summed E-state index contributed by atoms with van der Waals surface area (Å²) in [6.07, 6.45) is 4.29. The maximum absolute atomic E-state index is 13.2. The summed E-state index contributed by atoms with van der Waals surface area (Å²) in [5, 5.41) is 6.40. The van der Waals surface area contributed by atoms with Crippen LogP contribution in [-0.4, -0.2) is 51.8 Å². The van der Waals surface area contributed by atoms with Crippen molar-refractivity contribution in [3.8, 4) is 5.75 Å². The number of rotatable bonds is 5. The first kappa shape index (κ1) is 21.8. The Labute approximate surface area is 193 Å². The van der Waals surface area contributed by atoms with Crippen molar-refractivity contribution in [1.29, 1.82) is 0 Å². The summed E-state index contributed by atoms with van der Waals surface area (Å²) in [6, 6.07) is 17.8. The van der Waals surface area contributed by atoms with Crippen LogP contribution in [0.2, 0.25) is 0 Å². The SMILES string of the molecule is COc1ccc([C@@H]2CC(c3ccccc3)=NN2C(=O)CSC(=S)N2CCCCC2)cc1. The molecule has 2 heterocycles. The Hall–Kier alpha value is -2.38. The number of likely N-dealkylation sites (tertiary alicyclic amines) is 1. The topological polar surface area (TPSA) is 45.1 Å². The molecule has 4 rings (SSSR count). The van der Waals surface area contributed by atoms with E-state index in [1.54, 1.807) is 12.1 Å². The Morgan fingerprint density at radius 3 is 2.48 bits per heavy atom. The van der Waals surface area contributed by atoms with E-state index in [1.165, 1.54) is 31.0 Å². The number of nitrogens with zero attached hydrogens (tertiary/aromatic N) is 3. The van der Waals surface area contributed by atoms with Crippen molar-refractivity contribution in [2.24, 2.45) is 5.10 Å². The molecule has 2 aromatic carbocycles. The van der Waals surface area contributed by atoms with Gasteiger partial charge in [0.2, 0.25) is 0 Å². The van der Waals surface area contributed by atoms with Gasteiger partial charge in [-0.05, 0) is 42.5 Å². The largest absolute Gasteiger partial charge is 0.497 e. The van der Waals surface area contributed by atoms with E-state index in [0.717, 1.165) is 40.0 Å². The Morgan fingerprint density at radius 1 is 1.10 bits per heavy atom. The van der Waals surface area contributed by atoms with E-state index in [-0.39, 0.29) is 11.9 Å². The lowest BCUT2D eigenvalue weighted by Crippen LogP contribution is -2.34. The first-order valence-electron chi connectivity index (χ1n) is 10.7. The molecule has 0 unspecified atom stereocenters. The summed E-state index contributed by atoms with van der Waals surface area (Å²) in [5.41, 5.74) is 3.03. The number of thiocarbonyl (C=S) groups is 1. The van der Waals surface area contributed by atoms with E-state index >= 15 is 0 Å². The number of amides is 1. The van der Waals surface area contributed by atoms with Crippen LogP contribution in [-0.2, 0) is 4.79 Å². The molecule has 1 fully saturated rings. The molecule has 0 aromatic heterocycles. The first-order chi connectivity index (χ1) is 15.2. The molecule has 0 radical (unpaired) electrons. The molecular weight excluding hydrogens is 426 g/mol. The lowest BCUT2D eigenvalue weighted by atomic mass is 9.98.